The molecule has 0 atom stereocenters. The minimum atomic E-state index is -0.316. The summed E-state index contributed by atoms with van der Waals surface area (Å²) in [4.78, 5) is 14.8. The van der Waals surface area contributed by atoms with E-state index in [1.54, 1.807) is 11.6 Å². The summed E-state index contributed by atoms with van der Waals surface area (Å²) >= 11 is 0. The molecule has 4 nitrogen and oxygen atoms in total. The third-order valence-electron chi connectivity index (χ3n) is 2.05. The van der Waals surface area contributed by atoms with Crippen molar-refractivity contribution in [3.05, 3.63) is 46.1 Å². The molecule has 4 heteroatoms. The standard InChI is InChI=1S/C10H11N3O/c1-7-4-3-5-9(6-7)13-8(2)11-10(14)12-13/h3-6H,1-2H3,(H,12,14). The van der Waals surface area contributed by atoms with Crippen LogP contribution in [0.1, 0.15) is 11.4 Å². The van der Waals surface area contributed by atoms with E-state index in [-0.39, 0.29) is 5.69 Å². The molecule has 2 rings (SSSR count). The molecular weight excluding hydrogens is 178 g/mol. The van der Waals surface area contributed by atoms with Gasteiger partial charge in [-0.15, -0.1) is 0 Å². The number of hydrogen-bond acceptors (Lipinski definition) is 2. The molecular formula is C10H11N3O. The molecule has 72 valence electrons. The lowest BCUT2D eigenvalue weighted by atomic mass is 10.2. The van der Waals surface area contributed by atoms with Crippen LogP contribution in [0.5, 0.6) is 0 Å². The van der Waals surface area contributed by atoms with E-state index in [1.165, 1.54) is 0 Å². The van der Waals surface area contributed by atoms with Crippen molar-refractivity contribution in [1.29, 1.82) is 0 Å². The van der Waals surface area contributed by atoms with Crippen molar-refractivity contribution < 1.29 is 0 Å². The zero-order valence-electron chi connectivity index (χ0n) is 8.11. The quantitative estimate of drug-likeness (QED) is 0.732. The molecule has 0 spiro atoms. The molecule has 0 saturated carbocycles. The van der Waals surface area contributed by atoms with E-state index in [0.29, 0.717) is 5.82 Å². The summed E-state index contributed by atoms with van der Waals surface area (Å²) in [5.74, 6) is 0.667. The zero-order chi connectivity index (χ0) is 10.1. The number of benzene rings is 1. The van der Waals surface area contributed by atoms with Gasteiger partial charge in [0.25, 0.3) is 0 Å². The average Bonchev–Trinajstić information content (AvgIpc) is 2.45. The number of aromatic amines is 1. The van der Waals surface area contributed by atoms with Crippen LogP contribution in [0, 0.1) is 13.8 Å². The second-order valence-corrected chi connectivity index (χ2v) is 3.25. The van der Waals surface area contributed by atoms with Crippen LogP contribution in [0.4, 0.5) is 0 Å². The average molecular weight is 189 g/mol. The topological polar surface area (TPSA) is 50.7 Å². The van der Waals surface area contributed by atoms with Gasteiger partial charge in [-0.25, -0.2) is 14.6 Å². The molecule has 0 radical (unpaired) electrons. The van der Waals surface area contributed by atoms with Gasteiger partial charge >= 0.3 is 5.69 Å². The lowest BCUT2D eigenvalue weighted by molar-refractivity contribution is 0.831. The maximum atomic E-state index is 11.0. The molecule has 1 N–H and O–H groups in total. The fourth-order valence-electron chi connectivity index (χ4n) is 1.42. The molecule has 0 unspecified atom stereocenters. The van der Waals surface area contributed by atoms with Gasteiger partial charge in [-0.05, 0) is 31.5 Å². The maximum Gasteiger partial charge on any atom is 0.361 e. The third kappa shape index (κ3) is 1.46. The lowest BCUT2D eigenvalue weighted by Gasteiger charge is -2.03. The van der Waals surface area contributed by atoms with Gasteiger partial charge in [-0.2, -0.15) is 4.98 Å². The number of rotatable bonds is 1. The normalized spacial score (nSPS) is 10.4. The molecule has 0 aliphatic carbocycles. The smallest absolute Gasteiger partial charge is 0.244 e. The van der Waals surface area contributed by atoms with Crippen molar-refractivity contribution in [2.45, 2.75) is 13.8 Å². The molecule has 14 heavy (non-hydrogen) atoms. The van der Waals surface area contributed by atoms with E-state index < -0.39 is 0 Å². The minimum Gasteiger partial charge on any atom is -0.244 e. The molecule has 0 aliphatic heterocycles. The van der Waals surface area contributed by atoms with Gasteiger partial charge in [-0.1, -0.05) is 12.1 Å². The van der Waals surface area contributed by atoms with E-state index in [1.807, 2.05) is 31.2 Å². The Morgan fingerprint density at radius 1 is 1.36 bits per heavy atom. The van der Waals surface area contributed by atoms with Crippen LogP contribution in [-0.4, -0.2) is 14.8 Å². The van der Waals surface area contributed by atoms with Gasteiger partial charge < -0.3 is 0 Å². The Labute approximate surface area is 81.2 Å². The second kappa shape index (κ2) is 3.14. The van der Waals surface area contributed by atoms with Crippen LogP contribution in [0.2, 0.25) is 0 Å². The lowest BCUT2D eigenvalue weighted by Crippen LogP contribution is -2.05. The van der Waals surface area contributed by atoms with Gasteiger partial charge in [0.1, 0.15) is 5.82 Å². The summed E-state index contributed by atoms with van der Waals surface area (Å²) in [6, 6.07) is 7.87. The Bertz CT molecular complexity index is 510. The fraction of sp³-hybridized carbons (Fsp3) is 0.200. The SMILES string of the molecule is Cc1cccc(-n2[nH]c(=O)nc2C)c1. The van der Waals surface area contributed by atoms with Crippen LogP contribution in [0.15, 0.2) is 29.1 Å². The van der Waals surface area contributed by atoms with Gasteiger partial charge in [-0.3, -0.25) is 0 Å². The van der Waals surface area contributed by atoms with E-state index in [2.05, 4.69) is 10.1 Å². The first-order valence-corrected chi connectivity index (χ1v) is 4.39. The maximum absolute atomic E-state index is 11.0. The Morgan fingerprint density at radius 2 is 2.14 bits per heavy atom. The van der Waals surface area contributed by atoms with Gasteiger partial charge in [0.15, 0.2) is 0 Å². The van der Waals surface area contributed by atoms with Crippen LogP contribution < -0.4 is 5.69 Å². The molecule has 0 amide bonds. The highest BCUT2D eigenvalue weighted by atomic mass is 16.1. The third-order valence-corrected chi connectivity index (χ3v) is 2.05. The first-order valence-electron chi connectivity index (χ1n) is 4.39. The molecule has 1 aromatic carbocycles. The summed E-state index contributed by atoms with van der Waals surface area (Å²) < 4.78 is 1.68. The van der Waals surface area contributed by atoms with Crippen molar-refractivity contribution in [2.75, 3.05) is 0 Å². The number of H-pyrrole nitrogens is 1. The first kappa shape index (κ1) is 8.74. The van der Waals surface area contributed by atoms with Crippen molar-refractivity contribution in [2.24, 2.45) is 0 Å². The molecule has 0 bridgehead atoms. The van der Waals surface area contributed by atoms with Crippen LogP contribution in [-0.2, 0) is 0 Å². The molecule has 0 aliphatic rings. The summed E-state index contributed by atoms with van der Waals surface area (Å²) in [5, 5.41) is 2.64. The highest BCUT2D eigenvalue weighted by Gasteiger charge is 2.02. The van der Waals surface area contributed by atoms with Crippen molar-refractivity contribution in [3.63, 3.8) is 0 Å². The summed E-state index contributed by atoms with van der Waals surface area (Å²) in [6.07, 6.45) is 0. The van der Waals surface area contributed by atoms with Crippen LogP contribution in [0.25, 0.3) is 5.69 Å². The number of hydrogen-bond donors (Lipinski definition) is 1. The number of nitrogens with zero attached hydrogens (tertiary/aromatic N) is 2. The number of aryl methyl sites for hydroxylation is 2. The Hall–Kier alpha value is -1.84. The molecule has 1 heterocycles. The predicted octanol–water partition coefficient (Wildman–Crippen LogP) is 1.18. The van der Waals surface area contributed by atoms with E-state index in [0.717, 1.165) is 11.3 Å². The van der Waals surface area contributed by atoms with Crippen molar-refractivity contribution >= 4 is 0 Å². The number of nitrogens with one attached hydrogen (secondary N) is 1. The molecule has 0 fully saturated rings. The monoisotopic (exact) mass is 189 g/mol. The first-order chi connectivity index (χ1) is 6.66. The van der Waals surface area contributed by atoms with E-state index >= 15 is 0 Å². The van der Waals surface area contributed by atoms with Crippen molar-refractivity contribution in [3.8, 4) is 5.69 Å². The van der Waals surface area contributed by atoms with Gasteiger partial charge in [0, 0.05) is 0 Å². The van der Waals surface area contributed by atoms with E-state index in [4.69, 9.17) is 0 Å². The number of aromatic nitrogens is 3. The summed E-state index contributed by atoms with van der Waals surface area (Å²) in [7, 11) is 0. The van der Waals surface area contributed by atoms with Crippen molar-refractivity contribution in [1.82, 2.24) is 14.8 Å². The summed E-state index contributed by atoms with van der Waals surface area (Å²) in [6.45, 7) is 3.80. The van der Waals surface area contributed by atoms with Gasteiger partial charge in [0.2, 0.25) is 0 Å². The predicted molar refractivity (Wildman–Crippen MR) is 53.7 cm³/mol. The highest BCUT2D eigenvalue weighted by Crippen LogP contribution is 2.08. The Balaban J connectivity index is 2.59. The van der Waals surface area contributed by atoms with Crippen LogP contribution >= 0.6 is 0 Å². The Kier molecular flexibility index (Phi) is 1.96. The Morgan fingerprint density at radius 3 is 2.71 bits per heavy atom. The minimum absolute atomic E-state index is 0.316. The largest absolute Gasteiger partial charge is 0.361 e. The highest BCUT2D eigenvalue weighted by molar-refractivity contribution is 5.34. The fourth-order valence-corrected chi connectivity index (χ4v) is 1.42. The molecule has 1 aromatic heterocycles. The molecule has 0 saturated heterocycles. The zero-order valence-corrected chi connectivity index (χ0v) is 8.11. The molecule has 2 aromatic rings. The van der Waals surface area contributed by atoms with Gasteiger partial charge in [0.05, 0.1) is 5.69 Å². The second-order valence-electron chi connectivity index (χ2n) is 3.25. The van der Waals surface area contributed by atoms with E-state index in [9.17, 15) is 4.79 Å². The van der Waals surface area contributed by atoms with Crippen LogP contribution in [0.3, 0.4) is 0 Å². The summed E-state index contributed by atoms with van der Waals surface area (Å²) in [5.41, 5.74) is 1.76.